The third-order valence-electron chi connectivity index (χ3n) is 5.78. The SMILES string of the molecule is C=C(C)COc1ccccc1[C@@H]1CC(=O)Oc2cc(C)n(CCc3ccc(O)cc3)c(=O)c21. The van der Waals surface area contributed by atoms with Gasteiger partial charge in [0.2, 0.25) is 0 Å². The van der Waals surface area contributed by atoms with E-state index in [2.05, 4.69) is 6.58 Å². The van der Waals surface area contributed by atoms with Crippen molar-refractivity contribution in [1.82, 2.24) is 4.57 Å². The Morgan fingerprint density at radius 2 is 1.91 bits per heavy atom. The first kappa shape index (κ1) is 22.4. The van der Waals surface area contributed by atoms with Gasteiger partial charge in [0.1, 0.15) is 23.9 Å². The molecule has 2 aromatic carbocycles. The number of ether oxygens (including phenoxy) is 2. The zero-order valence-electron chi connectivity index (χ0n) is 18.8. The number of fused-ring (bicyclic) bond motifs is 1. The number of pyridine rings is 1. The lowest BCUT2D eigenvalue weighted by molar-refractivity contribution is -0.135. The number of phenolic OH excluding ortho intramolecular Hbond substituents is 1. The minimum absolute atomic E-state index is 0.0662. The van der Waals surface area contributed by atoms with Crippen LogP contribution >= 0.6 is 0 Å². The molecule has 1 aliphatic heterocycles. The number of para-hydroxylation sites is 1. The van der Waals surface area contributed by atoms with Gasteiger partial charge in [0, 0.05) is 29.8 Å². The van der Waals surface area contributed by atoms with Gasteiger partial charge < -0.3 is 19.1 Å². The summed E-state index contributed by atoms with van der Waals surface area (Å²) in [7, 11) is 0. The van der Waals surface area contributed by atoms with Gasteiger partial charge in [-0.3, -0.25) is 9.59 Å². The van der Waals surface area contributed by atoms with Gasteiger partial charge in [-0.2, -0.15) is 0 Å². The van der Waals surface area contributed by atoms with E-state index in [9.17, 15) is 14.7 Å². The Bertz CT molecular complexity index is 1260. The molecule has 1 aliphatic rings. The van der Waals surface area contributed by atoms with Crippen molar-refractivity contribution in [2.75, 3.05) is 6.61 Å². The average molecular weight is 446 g/mol. The number of rotatable bonds is 7. The fourth-order valence-electron chi connectivity index (χ4n) is 4.14. The normalized spacial score (nSPS) is 15.0. The summed E-state index contributed by atoms with van der Waals surface area (Å²) in [6.07, 6.45) is 0.694. The monoisotopic (exact) mass is 445 g/mol. The average Bonchev–Trinajstić information content (AvgIpc) is 2.78. The zero-order chi connectivity index (χ0) is 23.5. The van der Waals surface area contributed by atoms with Crippen LogP contribution in [0.5, 0.6) is 17.2 Å². The molecule has 0 aliphatic carbocycles. The molecule has 170 valence electrons. The molecular formula is C27H27NO5. The van der Waals surface area contributed by atoms with Gasteiger partial charge in [-0.05, 0) is 49.6 Å². The summed E-state index contributed by atoms with van der Waals surface area (Å²) in [6.45, 7) is 8.42. The van der Waals surface area contributed by atoms with Crippen LogP contribution < -0.4 is 15.0 Å². The smallest absolute Gasteiger partial charge is 0.312 e. The molecule has 0 fully saturated rings. The lowest BCUT2D eigenvalue weighted by atomic mass is 9.86. The van der Waals surface area contributed by atoms with Crippen molar-refractivity contribution in [3.63, 3.8) is 0 Å². The number of aromatic nitrogens is 1. The molecular weight excluding hydrogens is 418 g/mol. The number of phenols is 1. The third kappa shape index (κ3) is 4.85. The van der Waals surface area contributed by atoms with Crippen LogP contribution in [0.4, 0.5) is 0 Å². The molecule has 0 unspecified atom stereocenters. The largest absolute Gasteiger partial charge is 0.508 e. The lowest BCUT2D eigenvalue weighted by Crippen LogP contribution is -2.33. The second kappa shape index (κ2) is 9.36. The molecule has 2 heterocycles. The molecule has 1 atom stereocenters. The second-order valence-electron chi connectivity index (χ2n) is 8.45. The van der Waals surface area contributed by atoms with Gasteiger partial charge in [-0.25, -0.2) is 0 Å². The molecule has 0 saturated carbocycles. The number of carbonyl (C=O) groups excluding carboxylic acids is 1. The van der Waals surface area contributed by atoms with Crippen molar-refractivity contribution in [2.24, 2.45) is 0 Å². The van der Waals surface area contributed by atoms with E-state index in [1.165, 1.54) is 0 Å². The Morgan fingerprint density at radius 3 is 2.64 bits per heavy atom. The van der Waals surface area contributed by atoms with E-state index < -0.39 is 5.92 Å². The Kier molecular flexibility index (Phi) is 6.36. The summed E-state index contributed by atoms with van der Waals surface area (Å²) in [6, 6.07) is 16.2. The van der Waals surface area contributed by atoms with Crippen molar-refractivity contribution in [2.45, 2.75) is 39.2 Å². The maximum Gasteiger partial charge on any atom is 0.312 e. The molecule has 33 heavy (non-hydrogen) atoms. The van der Waals surface area contributed by atoms with Crippen molar-refractivity contribution < 1.29 is 19.4 Å². The van der Waals surface area contributed by atoms with Gasteiger partial charge in [0.25, 0.3) is 5.56 Å². The molecule has 3 aromatic rings. The quantitative estimate of drug-likeness (QED) is 0.428. The molecule has 0 amide bonds. The Labute approximate surface area is 192 Å². The molecule has 0 saturated heterocycles. The molecule has 6 heteroatoms. The summed E-state index contributed by atoms with van der Waals surface area (Å²) < 4.78 is 13.1. The first-order valence-electron chi connectivity index (χ1n) is 10.9. The summed E-state index contributed by atoms with van der Waals surface area (Å²) in [5.41, 5.74) is 3.69. The molecule has 4 rings (SSSR count). The number of nitrogens with zero attached hydrogens (tertiary/aromatic N) is 1. The zero-order valence-corrected chi connectivity index (χ0v) is 18.8. The van der Waals surface area contributed by atoms with Crippen molar-refractivity contribution >= 4 is 5.97 Å². The maximum absolute atomic E-state index is 13.7. The summed E-state index contributed by atoms with van der Waals surface area (Å²) in [5, 5.41) is 9.50. The Hall–Kier alpha value is -3.80. The first-order chi connectivity index (χ1) is 15.8. The van der Waals surface area contributed by atoms with E-state index in [0.717, 1.165) is 22.4 Å². The number of carbonyl (C=O) groups is 1. The molecule has 1 N–H and O–H groups in total. The summed E-state index contributed by atoms with van der Waals surface area (Å²) >= 11 is 0. The molecule has 0 spiro atoms. The number of benzene rings is 2. The topological polar surface area (TPSA) is 77.8 Å². The predicted molar refractivity (Wildman–Crippen MR) is 126 cm³/mol. The van der Waals surface area contributed by atoms with Gasteiger partial charge in [0.15, 0.2) is 0 Å². The van der Waals surface area contributed by atoms with Crippen molar-refractivity contribution in [3.05, 3.63) is 99.5 Å². The number of esters is 1. The molecule has 6 nitrogen and oxygen atoms in total. The van der Waals surface area contributed by atoms with Crippen molar-refractivity contribution in [3.8, 4) is 17.2 Å². The standard InChI is InChI=1S/C27H27NO5/c1-17(2)16-32-23-7-5-4-6-21(23)22-15-25(30)33-24-14-18(3)28(27(31)26(22)24)13-12-19-8-10-20(29)11-9-19/h4-11,14,22,29H,1,12-13,15-16H2,2-3H3/t22-/m0/s1. The lowest BCUT2D eigenvalue weighted by Gasteiger charge is -2.27. The van der Waals surface area contributed by atoms with Gasteiger partial charge in [-0.15, -0.1) is 0 Å². The highest BCUT2D eigenvalue weighted by atomic mass is 16.5. The predicted octanol–water partition coefficient (Wildman–Crippen LogP) is 4.50. The van der Waals surface area contributed by atoms with E-state index in [1.807, 2.05) is 50.2 Å². The van der Waals surface area contributed by atoms with Crippen LogP contribution in [0, 0.1) is 6.92 Å². The Morgan fingerprint density at radius 1 is 1.18 bits per heavy atom. The van der Waals surface area contributed by atoms with E-state index in [0.29, 0.717) is 36.6 Å². The molecule has 0 bridgehead atoms. The highest BCUT2D eigenvalue weighted by molar-refractivity contribution is 5.78. The van der Waals surface area contributed by atoms with Gasteiger partial charge in [-0.1, -0.05) is 36.9 Å². The minimum atomic E-state index is -0.462. The van der Waals surface area contributed by atoms with Crippen LogP contribution in [-0.4, -0.2) is 22.2 Å². The van der Waals surface area contributed by atoms with Crippen LogP contribution in [0.15, 0.2) is 71.5 Å². The fraction of sp³-hybridized carbons (Fsp3) is 0.259. The summed E-state index contributed by atoms with van der Waals surface area (Å²) in [5.74, 6) is 0.313. The van der Waals surface area contributed by atoms with Crippen LogP contribution in [0.1, 0.15) is 41.6 Å². The van der Waals surface area contributed by atoms with E-state index in [1.54, 1.807) is 22.8 Å². The van der Waals surface area contributed by atoms with Crippen LogP contribution in [0.2, 0.25) is 0 Å². The fourth-order valence-corrected chi connectivity index (χ4v) is 4.14. The first-order valence-corrected chi connectivity index (χ1v) is 10.9. The van der Waals surface area contributed by atoms with E-state index in [-0.39, 0.29) is 23.7 Å². The number of hydrogen-bond acceptors (Lipinski definition) is 5. The number of hydrogen-bond donors (Lipinski definition) is 1. The summed E-state index contributed by atoms with van der Waals surface area (Å²) in [4.78, 5) is 26.1. The van der Waals surface area contributed by atoms with Crippen LogP contribution in [0.3, 0.4) is 0 Å². The van der Waals surface area contributed by atoms with Gasteiger partial charge in [0.05, 0.1) is 12.0 Å². The Balaban J connectivity index is 1.73. The number of aromatic hydroxyl groups is 1. The van der Waals surface area contributed by atoms with Crippen LogP contribution in [0.25, 0.3) is 0 Å². The third-order valence-corrected chi connectivity index (χ3v) is 5.78. The highest BCUT2D eigenvalue weighted by Crippen LogP contribution is 2.40. The second-order valence-corrected chi connectivity index (χ2v) is 8.45. The maximum atomic E-state index is 13.7. The number of aryl methyl sites for hydroxylation is 2. The molecule has 1 aromatic heterocycles. The van der Waals surface area contributed by atoms with Gasteiger partial charge >= 0.3 is 5.97 Å². The highest BCUT2D eigenvalue weighted by Gasteiger charge is 2.34. The van der Waals surface area contributed by atoms with E-state index in [4.69, 9.17) is 9.47 Å². The molecule has 0 radical (unpaired) electrons. The van der Waals surface area contributed by atoms with Crippen molar-refractivity contribution in [1.29, 1.82) is 0 Å². The minimum Gasteiger partial charge on any atom is -0.508 e. The van der Waals surface area contributed by atoms with Crippen LogP contribution in [-0.2, 0) is 17.8 Å². The van der Waals surface area contributed by atoms with E-state index >= 15 is 0 Å².